The molecule has 0 aliphatic rings. The standard InChI is InChI=1S/C12H8F3NOS/c13-12(14,15)10-7-18-6-9(10)11(17)16-8-4-2-1-3-5-8/h1-7H,(H,16,17). The third-order valence-electron chi connectivity index (χ3n) is 2.24. The van der Waals surface area contributed by atoms with Crippen molar-refractivity contribution in [1.29, 1.82) is 0 Å². The molecule has 6 heteroatoms. The highest BCUT2D eigenvalue weighted by Gasteiger charge is 2.35. The van der Waals surface area contributed by atoms with Gasteiger partial charge in [0.1, 0.15) is 0 Å². The number of benzene rings is 1. The Morgan fingerprint density at radius 1 is 1.11 bits per heavy atom. The van der Waals surface area contributed by atoms with Crippen LogP contribution in [0.4, 0.5) is 18.9 Å². The summed E-state index contributed by atoms with van der Waals surface area (Å²) >= 11 is 0.851. The first-order valence-electron chi connectivity index (χ1n) is 4.98. The monoisotopic (exact) mass is 271 g/mol. The first-order chi connectivity index (χ1) is 8.48. The number of anilines is 1. The summed E-state index contributed by atoms with van der Waals surface area (Å²) in [6.07, 6.45) is -4.51. The fourth-order valence-electron chi connectivity index (χ4n) is 1.41. The van der Waals surface area contributed by atoms with Crippen LogP contribution in [0.2, 0.25) is 0 Å². The van der Waals surface area contributed by atoms with Crippen LogP contribution >= 0.6 is 11.3 Å². The maximum absolute atomic E-state index is 12.6. The number of para-hydroxylation sites is 1. The molecule has 0 aliphatic heterocycles. The van der Waals surface area contributed by atoms with Crippen LogP contribution in [0.5, 0.6) is 0 Å². The highest BCUT2D eigenvalue weighted by Crippen LogP contribution is 2.34. The van der Waals surface area contributed by atoms with Gasteiger partial charge in [-0.1, -0.05) is 18.2 Å². The molecule has 0 spiro atoms. The average molecular weight is 271 g/mol. The van der Waals surface area contributed by atoms with Gasteiger partial charge in [-0.2, -0.15) is 24.5 Å². The van der Waals surface area contributed by atoms with Gasteiger partial charge in [0.2, 0.25) is 0 Å². The zero-order valence-corrected chi connectivity index (χ0v) is 9.81. The molecule has 2 aromatic rings. The van der Waals surface area contributed by atoms with E-state index in [0.29, 0.717) is 5.69 Å². The number of halogens is 3. The van der Waals surface area contributed by atoms with Gasteiger partial charge in [-0.3, -0.25) is 4.79 Å². The topological polar surface area (TPSA) is 29.1 Å². The van der Waals surface area contributed by atoms with Crippen molar-refractivity contribution in [3.63, 3.8) is 0 Å². The number of carbonyl (C=O) groups excluding carboxylic acids is 1. The molecule has 18 heavy (non-hydrogen) atoms. The first-order valence-corrected chi connectivity index (χ1v) is 5.92. The van der Waals surface area contributed by atoms with E-state index in [2.05, 4.69) is 5.32 Å². The Bertz CT molecular complexity index is 548. The molecule has 1 aromatic heterocycles. The van der Waals surface area contributed by atoms with E-state index in [1.54, 1.807) is 30.3 Å². The number of hydrogen-bond donors (Lipinski definition) is 1. The summed E-state index contributed by atoms with van der Waals surface area (Å²) in [6, 6.07) is 8.35. The molecule has 2 nitrogen and oxygen atoms in total. The Kier molecular flexibility index (Phi) is 3.38. The average Bonchev–Trinajstić information content (AvgIpc) is 2.79. The predicted octanol–water partition coefficient (Wildman–Crippen LogP) is 4.02. The van der Waals surface area contributed by atoms with Crippen LogP contribution < -0.4 is 5.32 Å². The van der Waals surface area contributed by atoms with Crippen LogP contribution in [-0.2, 0) is 6.18 Å². The van der Waals surface area contributed by atoms with Gasteiger partial charge in [0.25, 0.3) is 5.91 Å². The summed E-state index contributed by atoms with van der Waals surface area (Å²) in [5.41, 5.74) is -0.792. The second kappa shape index (κ2) is 4.81. The second-order valence-electron chi connectivity index (χ2n) is 3.52. The number of rotatable bonds is 2. The quantitative estimate of drug-likeness (QED) is 0.878. The highest BCUT2D eigenvalue weighted by atomic mass is 32.1. The van der Waals surface area contributed by atoms with Gasteiger partial charge in [-0.05, 0) is 12.1 Å². The van der Waals surface area contributed by atoms with Gasteiger partial charge in [0.05, 0.1) is 11.1 Å². The largest absolute Gasteiger partial charge is 0.417 e. The SMILES string of the molecule is O=C(Nc1ccccc1)c1cscc1C(F)(F)F. The molecule has 0 fully saturated rings. The minimum absolute atomic E-state index is 0.351. The molecule has 0 aliphatic carbocycles. The molecule has 1 aromatic carbocycles. The van der Waals surface area contributed by atoms with E-state index in [1.165, 1.54) is 5.38 Å². The molecule has 0 saturated heterocycles. The van der Waals surface area contributed by atoms with Crippen molar-refractivity contribution < 1.29 is 18.0 Å². The zero-order chi connectivity index (χ0) is 13.2. The van der Waals surface area contributed by atoms with Crippen molar-refractivity contribution in [2.24, 2.45) is 0 Å². The minimum Gasteiger partial charge on any atom is -0.322 e. The number of alkyl halides is 3. The molecule has 1 N–H and O–H groups in total. The molecule has 0 unspecified atom stereocenters. The maximum atomic E-state index is 12.6. The van der Waals surface area contributed by atoms with Crippen molar-refractivity contribution in [2.75, 3.05) is 5.32 Å². The van der Waals surface area contributed by atoms with E-state index in [9.17, 15) is 18.0 Å². The Morgan fingerprint density at radius 3 is 2.39 bits per heavy atom. The molecule has 0 saturated carbocycles. The molecule has 0 radical (unpaired) electrons. The van der Waals surface area contributed by atoms with E-state index in [0.717, 1.165) is 16.7 Å². The van der Waals surface area contributed by atoms with Gasteiger partial charge in [-0.25, -0.2) is 0 Å². The summed E-state index contributed by atoms with van der Waals surface area (Å²) in [5, 5.41) is 4.55. The van der Waals surface area contributed by atoms with Crippen LogP contribution in [-0.4, -0.2) is 5.91 Å². The third-order valence-corrected chi connectivity index (χ3v) is 2.99. The molecular formula is C12H8F3NOS. The Hall–Kier alpha value is -1.82. The van der Waals surface area contributed by atoms with E-state index in [-0.39, 0.29) is 5.56 Å². The van der Waals surface area contributed by atoms with Crippen LogP contribution in [0, 0.1) is 0 Å². The van der Waals surface area contributed by atoms with Gasteiger partial charge in [-0.15, -0.1) is 0 Å². The number of carbonyl (C=O) groups is 1. The van der Waals surface area contributed by atoms with Crippen molar-refractivity contribution in [2.45, 2.75) is 6.18 Å². The molecule has 1 amide bonds. The lowest BCUT2D eigenvalue weighted by Crippen LogP contribution is -2.16. The smallest absolute Gasteiger partial charge is 0.322 e. The van der Waals surface area contributed by atoms with Crippen LogP contribution in [0.1, 0.15) is 15.9 Å². The lowest BCUT2D eigenvalue weighted by Gasteiger charge is -2.08. The lowest BCUT2D eigenvalue weighted by atomic mass is 10.2. The third kappa shape index (κ3) is 2.70. The Morgan fingerprint density at radius 2 is 1.78 bits per heavy atom. The highest BCUT2D eigenvalue weighted by molar-refractivity contribution is 7.08. The summed E-state index contributed by atoms with van der Waals surface area (Å²) in [4.78, 5) is 11.7. The van der Waals surface area contributed by atoms with Crippen LogP contribution in [0.25, 0.3) is 0 Å². The molecule has 0 atom stereocenters. The van der Waals surface area contributed by atoms with E-state index < -0.39 is 17.6 Å². The van der Waals surface area contributed by atoms with E-state index >= 15 is 0 Å². The van der Waals surface area contributed by atoms with Gasteiger partial charge >= 0.3 is 6.18 Å². The summed E-state index contributed by atoms with van der Waals surface area (Å²) < 4.78 is 37.8. The zero-order valence-electron chi connectivity index (χ0n) is 8.99. The van der Waals surface area contributed by atoms with Gasteiger partial charge < -0.3 is 5.32 Å². The van der Waals surface area contributed by atoms with E-state index in [4.69, 9.17) is 0 Å². The normalized spacial score (nSPS) is 11.3. The number of nitrogens with one attached hydrogen (secondary N) is 1. The minimum atomic E-state index is -4.51. The number of amides is 1. The summed E-state index contributed by atoms with van der Waals surface area (Å²) in [7, 11) is 0. The lowest BCUT2D eigenvalue weighted by molar-refractivity contribution is -0.137. The fraction of sp³-hybridized carbons (Fsp3) is 0.0833. The van der Waals surface area contributed by atoms with Crippen LogP contribution in [0.3, 0.4) is 0 Å². The number of hydrogen-bond acceptors (Lipinski definition) is 2. The molecular weight excluding hydrogens is 263 g/mol. The Balaban J connectivity index is 2.23. The van der Waals surface area contributed by atoms with Crippen molar-refractivity contribution in [3.05, 3.63) is 52.2 Å². The number of thiophene rings is 1. The maximum Gasteiger partial charge on any atom is 0.417 e. The Labute approximate surface area is 105 Å². The van der Waals surface area contributed by atoms with Crippen molar-refractivity contribution in [3.8, 4) is 0 Å². The fourth-order valence-corrected chi connectivity index (χ4v) is 2.25. The van der Waals surface area contributed by atoms with E-state index in [1.807, 2.05) is 0 Å². The van der Waals surface area contributed by atoms with Gasteiger partial charge in [0.15, 0.2) is 0 Å². The van der Waals surface area contributed by atoms with Crippen molar-refractivity contribution >= 4 is 22.9 Å². The van der Waals surface area contributed by atoms with Crippen LogP contribution in [0.15, 0.2) is 41.1 Å². The molecule has 1 heterocycles. The molecule has 2 rings (SSSR count). The summed E-state index contributed by atoms with van der Waals surface area (Å²) in [5.74, 6) is -0.755. The second-order valence-corrected chi connectivity index (χ2v) is 4.26. The summed E-state index contributed by atoms with van der Waals surface area (Å²) in [6.45, 7) is 0. The van der Waals surface area contributed by atoms with Gasteiger partial charge in [0, 0.05) is 16.4 Å². The molecule has 94 valence electrons. The predicted molar refractivity (Wildman–Crippen MR) is 63.7 cm³/mol. The van der Waals surface area contributed by atoms with Crippen molar-refractivity contribution in [1.82, 2.24) is 0 Å². The first kappa shape index (κ1) is 12.6. The molecule has 0 bridgehead atoms.